The molecular weight excluding hydrogens is 372 g/mol. The van der Waals surface area contributed by atoms with Crippen molar-refractivity contribution in [3.8, 4) is 0 Å². The fourth-order valence-electron chi connectivity index (χ4n) is 0.756. The smallest absolute Gasteiger partial charge is 0.338 e. The van der Waals surface area contributed by atoms with E-state index in [4.69, 9.17) is 30.3 Å². The van der Waals surface area contributed by atoms with E-state index in [-0.39, 0.29) is 19.8 Å². The molecule has 0 spiro atoms. The molecular formula is C19H40O9. The molecule has 170 valence electrons. The van der Waals surface area contributed by atoms with E-state index in [2.05, 4.69) is 17.9 Å². The molecule has 0 radical (unpaired) electrons. The molecule has 2 unspecified atom stereocenters. The van der Waals surface area contributed by atoms with Crippen molar-refractivity contribution in [2.24, 2.45) is 0 Å². The van der Waals surface area contributed by atoms with Crippen LogP contribution in [0.5, 0.6) is 0 Å². The first-order chi connectivity index (χ1) is 13.2. The number of aliphatic hydroxyl groups is 4. The SMILES string of the molecule is C=CC.C=CC.CCCOC(=O)C(O)C(O)C(=O)O.CCOCC.OCCO. The molecule has 0 saturated carbocycles. The number of aliphatic hydroxyl groups excluding tert-OH is 4. The molecule has 0 rings (SSSR count). The lowest BCUT2D eigenvalue weighted by molar-refractivity contribution is -0.169. The highest BCUT2D eigenvalue weighted by Gasteiger charge is 2.31. The molecule has 0 aromatic carbocycles. The molecule has 0 aromatic heterocycles. The molecule has 9 nitrogen and oxygen atoms in total. The number of carboxylic acids is 1. The minimum atomic E-state index is -2.13. The van der Waals surface area contributed by atoms with Crippen molar-refractivity contribution in [2.45, 2.75) is 53.2 Å². The van der Waals surface area contributed by atoms with Gasteiger partial charge in [0.1, 0.15) is 0 Å². The summed E-state index contributed by atoms with van der Waals surface area (Å²) in [6.07, 6.45) is -0.102. The van der Waals surface area contributed by atoms with Crippen molar-refractivity contribution in [2.75, 3.05) is 33.0 Å². The van der Waals surface area contributed by atoms with Crippen molar-refractivity contribution in [3.05, 3.63) is 25.3 Å². The lowest BCUT2D eigenvalue weighted by Gasteiger charge is -2.12. The molecule has 28 heavy (non-hydrogen) atoms. The molecule has 2 atom stereocenters. The fourth-order valence-corrected chi connectivity index (χ4v) is 0.756. The summed E-state index contributed by atoms with van der Waals surface area (Å²) >= 11 is 0. The largest absolute Gasteiger partial charge is 0.479 e. The standard InChI is InChI=1S/C7H12O6.C4H10O.2C3H6.C2H6O2/c1-2-3-13-7(12)5(9)4(8)6(10)11;1-3-5-4-2;2*1-3-2;3-1-2-4/h4-5,8-9H,2-3H2,1H3,(H,10,11);3-4H2,1-2H3;2*3H,1H2,2H3;3-4H,1-2H2. The highest BCUT2D eigenvalue weighted by atomic mass is 16.5. The summed E-state index contributed by atoms with van der Waals surface area (Å²) in [6.45, 7) is 17.7. The van der Waals surface area contributed by atoms with E-state index < -0.39 is 24.1 Å². The van der Waals surface area contributed by atoms with Crippen LogP contribution >= 0.6 is 0 Å². The van der Waals surface area contributed by atoms with E-state index in [1.54, 1.807) is 19.1 Å². The van der Waals surface area contributed by atoms with Gasteiger partial charge in [0.05, 0.1) is 19.8 Å². The zero-order valence-electron chi connectivity index (χ0n) is 17.8. The van der Waals surface area contributed by atoms with Crippen molar-refractivity contribution in [1.82, 2.24) is 0 Å². The number of hydrogen-bond acceptors (Lipinski definition) is 8. The molecule has 0 amide bonds. The van der Waals surface area contributed by atoms with Gasteiger partial charge in [0.2, 0.25) is 0 Å². The average molecular weight is 413 g/mol. The van der Waals surface area contributed by atoms with Crippen molar-refractivity contribution in [3.63, 3.8) is 0 Å². The Labute approximate surface area is 168 Å². The van der Waals surface area contributed by atoms with Gasteiger partial charge in [0.15, 0.2) is 12.2 Å². The maximum atomic E-state index is 10.8. The number of ether oxygens (including phenoxy) is 2. The van der Waals surface area contributed by atoms with E-state index in [1.165, 1.54) is 0 Å². The Hall–Kier alpha value is -1.78. The summed E-state index contributed by atoms with van der Waals surface area (Å²) in [4.78, 5) is 20.9. The van der Waals surface area contributed by atoms with Gasteiger partial charge >= 0.3 is 11.9 Å². The second-order valence-corrected chi connectivity index (χ2v) is 4.44. The average Bonchev–Trinajstić information content (AvgIpc) is 2.67. The Bertz CT molecular complexity index is 323. The monoisotopic (exact) mass is 412 g/mol. The van der Waals surface area contributed by atoms with Gasteiger partial charge in [-0.05, 0) is 34.1 Å². The fraction of sp³-hybridized carbons (Fsp3) is 0.684. The molecule has 0 aromatic rings. The van der Waals surface area contributed by atoms with Crippen LogP contribution in [0, 0.1) is 0 Å². The Morgan fingerprint density at radius 3 is 1.46 bits per heavy atom. The molecule has 0 aliphatic rings. The second-order valence-electron chi connectivity index (χ2n) is 4.44. The maximum Gasteiger partial charge on any atom is 0.338 e. The summed E-state index contributed by atoms with van der Waals surface area (Å²) in [5.41, 5.74) is 0. The third kappa shape index (κ3) is 44.0. The normalized spacial score (nSPS) is 10.3. The first kappa shape index (κ1) is 37.0. The van der Waals surface area contributed by atoms with Crippen LogP contribution in [0.25, 0.3) is 0 Å². The molecule has 0 saturated heterocycles. The summed E-state index contributed by atoms with van der Waals surface area (Å²) in [7, 11) is 0. The second kappa shape index (κ2) is 36.2. The molecule has 0 aliphatic heterocycles. The number of hydrogen-bond donors (Lipinski definition) is 5. The Balaban J connectivity index is -0.0000000965. The molecule has 0 bridgehead atoms. The van der Waals surface area contributed by atoms with Crippen LogP contribution in [0.15, 0.2) is 25.3 Å². The summed E-state index contributed by atoms with van der Waals surface area (Å²) in [5, 5.41) is 41.1. The van der Waals surface area contributed by atoms with E-state index in [0.717, 1.165) is 13.2 Å². The van der Waals surface area contributed by atoms with Crippen LogP contribution in [-0.4, -0.2) is 82.7 Å². The topological polar surface area (TPSA) is 154 Å². The number of aliphatic carboxylic acids is 1. The van der Waals surface area contributed by atoms with Gasteiger partial charge < -0.3 is 35.0 Å². The van der Waals surface area contributed by atoms with E-state index in [9.17, 15) is 9.59 Å². The zero-order valence-corrected chi connectivity index (χ0v) is 17.8. The number of carbonyl (C=O) groups excluding carboxylic acids is 1. The lowest BCUT2D eigenvalue weighted by atomic mass is 10.2. The third-order valence-electron chi connectivity index (χ3n) is 1.75. The van der Waals surface area contributed by atoms with Crippen LogP contribution in [-0.2, 0) is 19.1 Å². The first-order valence-corrected chi connectivity index (χ1v) is 8.85. The van der Waals surface area contributed by atoms with Crippen molar-refractivity contribution in [1.29, 1.82) is 0 Å². The van der Waals surface area contributed by atoms with Gasteiger partial charge in [-0.2, -0.15) is 0 Å². The maximum absolute atomic E-state index is 10.8. The molecule has 9 heteroatoms. The minimum Gasteiger partial charge on any atom is -0.479 e. The van der Waals surface area contributed by atoms with Gasteiger partial charge in [0.25, 0.3) is 0 Å². The van der Waals surface area contributed by atoms with Crippen LogP contribution in [0.3, 0.4) is 0 Å². The Morgan fingerprint density at radius 1 is 0.929 bits per heavy atom. The minimum absolute atomic E-state index is 0.0855. The number of carbonyl (C=O) groups is 2. The number of allylic oxidation sites excluding steroid dienone is 2. The number of rotatable bonds is 8. The Kier molecular flexibility index (Phi) is 47.9. The number of carboxylic acid groups (broad SMARTS) is 1. The van der Waals surface area contributed by atoms with Gasteiger partial charge in [0, 0.05) is 13.2 Å². The van der Waals surface area contributed by atoms with E-state index in [0.29, 0.717) is 6.42 Å². The quantitative estimate of drug-likeness (QED) is 0.292. The summed E-state index contributed by atoms with van der Waals surface area (Å²) < 4.78 is 9.25. The van der Waals surface area contributed by atoms with Crippen molar-refractivity contribution >= 4 is 11.9 Å². The Morgan fingerprint density at radius 2 is 1.29 bits per heavy atom. The van der Waals surface area contributed by atoms with Gasteiger partial charge in [-0.1, -0.05) is 19.1 Å². The summed E-state index contributed by atoms with van der Waals surface area (Å²) in [6, 6.07) is 0. The third-order valence-corrected chi connectivity index (χ3v) is 1.75. The lowest BCUT2D eigenvalue weighted by Crippen LogP contribution is -2.40. The highest BCUT2D eigenvalue weighted by Crippen LogP contribution is 1.97. The molecule has 0 fully saturated rings. The van der Waals surface area contributed by atoms with Crippen LogP contribution in [0.4, 0.5) is 0 Å². The van der Waals surface area contributed by atoms with Crippen LogP contribution in [0.1, 0.15) is 41.0 Å². The number of esters is 1. The van der Waals surface area contributed by atoms with Crippen LogP contribution < -0.4 is 0 Å². The van der Waals surface area contributed by atoms with Gasteiger partial charge in [-0.25, -0.2) is 9.59 Å². The van der Waals surface area contributed by atoms with Crippen molar-refractivity contribution < 1.29 is 44.6 Å². The zero-order chi connectivity index (χ0) is 23.4. The van der Waals surface area contributed by atoms with Gasteiger partial charge in [-0.15, -0.1) is 13.2 Å². The van der Waals surface area contributed by atoms with Crippen LogP contribution in [0.2, 0.25) is 0 Å². The predicted molar refractivity (Wildman–Crippen MR) is 109 cm³/mol. The molecule has 0 aliphatic carbocycles. The van der Waals surface area contributed by atoms with E-state index >= 15 is 0 Å². The van der Waals surface area contributed by atoms with Gasteiger partial charge in [-0.3, -0.25) is 0 Å². The predicted octanol–water partition coefficient (Wildman–Crippen LogP) is 1.14. The van der Waals surface area contributed by atoms with E-state index in [1.807, 2.05) is 27.7 Å². The molecule has 0 heterocycles. The summed E-state index contributed by atoms with van der Waals surface area (Å²) in [5.74, 6) is -2.79. The highest BCUT2D eigenvalue weighted by molar-refractivity contribution is 5.84. The molecule has 5 N–H and O–H groups in total. The first-order valence-electron chi connectivity index (χ1n) is 8.85.